The molecule has 2 aliphatic heterocycles. The molecule has 0 aromatic heterocycles. The molecule has 142 valence electrons. The molecular formula is C22H27N3O2. The van der Waals surface area contributed by atoms with Gasteiger partial charge in [-0.05, 0) is 48.6 Å². The van der Waals surface area contributed by atoms with Crippen molar-refractivity contribution in [1.82, 2.24) is 9.80 Å². The summed E-state index contributed by atoms with van der Waals surface area (Å²) in [6.45, 7) is 3.57. The maximum Gasteiger partial charge on any atom is 0.254 e. The molecule has 2 heterocycles. The summed E-state index contributed by atoms with van der Waals surface area (Å²) in [7, 11) is 0. The minimum Gasteiger partial charge on any atom is -0.342 e. The minimum absolute atomic E-state index is 0.0399. The Kier molecular flexibility index (Phi) is 5.12. The SMILES string of the molecule is NCC1CCN(C(=O)C2CCN(C(=O)c3cccc4ccccc34)CC2)C1. The van der Waals surface area contributed by atoms with Crippen molar-refractivity contribution >= 4 is 22.6 Å². The number of carbonyl (C=O) groups is 2. The van der Waals surface area contributed by atoms with Crippen LogP contribution >= 0.6 is 0 Å². The highest BCUT2D eigenvalue weighted by molar-refractivity contribution is 6.07. The summed E-state index contributed by atoms with van der Waals surface area (Å²) in [5, 5.41) is 2.07. The largest absolute Gasteiger partial charge is 0.342 e. The van der Waals surface area contributed by atoms with E-state index in [1.807, 2.05) is 52.3 Å². The van der Waals surface area contributed by atoms with Crippen LogP contribution < -0.4 is 5.73 Å². The van der Waals surface area contributed by atoms with Gasteiger partial charge in [0.05, 0.1) is 0 Å². The van der Waals surface area contributed by atoms with Crippen LogP contribution in [0, 0.1) is 11.8 Å². The van der Waals surface area contributed by atoms with E-state index in [-0.39, 0.29) is 17.7 Å². The first kappa shape index (κ1) is 18.0. The van der Waals surface area contributed by atoms with Gasteiger partial charge in [0.1, 0.15) is 0 Å². The highest BCUT2D eigenvalue weighted by Crippen LogP contribution is 2.26. The third-order valence-corrected chi connectivity index (χ3v) is 6.08. The van der Waals surface area contributed by atoms with Crippen molar-refractivity contribution < 1.29 is 9.59 Å². The molecule has 5 heteroatoms. The number of carbonyl (C=O) groups excluding carboxylic acids is 2. The van der Waals surface area contributed by atoms with E-state index >= 15 is 0 Å². The Morgan fingerprint density at radius 2 is 1.63 bits per heavy atom. The number of hydrogen-bond donors (Lipinski definition) is 1. The summed E-state index contributed by atoms with van der Waals surface area (Å²) in [6.07, 6.45) is 2.51. The zero-order chi connectivity index (χ0) is 18.8. The number of benzene rings is 2. The van der Waals surface area contributed by atoms with Crippen LogP contribution in [-0.4, -0.2) is 54.3 Å². The smallest absolute Gasteiger partial charge is 0.254 e. The number of nitrogens with zero attached hydrogens (tertiary/aromatic N) is 2. The van der Waals surface area contributed by atoms with Crippen molar-refractivity contribution in [2.45, 2.75) is 19.3 Å². The molecule has 0 radical (unpaired) electrons. The van der Waals surface area contributed by atoms with Crippen LogP contribution in [0.25, 0.3) is 10.8 Å². The number of nitrogens with two attached hydrogens (primary N) is 1. The quantitative estimate of drug-likeness (QED) is 0.909. The summed E-state index contributed by atoms with van der Waals surface area (Å²) >= 11 is 0. The monoisotopic (exact) mass is 365 g/mol. The average Bonchev–Trinajstić information content (AvgIpc) is 3.22. The van der Waals surface area contributed by atoms with E-state index in [2.05, 4.69) is 0 Å². The molecule has 2 aliphatic rings. The van der Waals surface area contributed by atoms with Crippen LogP contribution in [0.2, 0.25) is 0 Å². The second-order valence-electron chi connectivity index (χ2n) is 7.77. The molecule has 0 spiro atoms. The summed E-state index contributed by atoms with van der Waals surface area (Å²) in [6, 6.07) is 13.9. The first-order valence-corrected chi connectivity index (χ1v) is 9.93. The van der Waals surface area contributed by atoms with Gasteiger partial charge in [-0.2, -0.15) is 0 Å². The van der Waals surface area contributed by atoms with E-state index in [0.29, 0.717) is 25.6 Å². The van der Waals surface area contributed by atoms with Crippen LogP contribution in [0.15, 0.2) is 42.5 Å². The van der Waals surface area contributed by atoms with Gasteiger partial charge in [0, 0.05) is 37.7 Å². The normalized spacial score (nSPS) is 21.0. The molecule has 1 unspecified atom stereocenters. The Morgan fingerprint density at radius 3 is 2.37 bits per heavy atom. The number of amides is 2. The van der Waals surface area contributed by atoms with Crippen molar-refractivity contribution in [3.63, 3.8) is 0 Å². The molecule has 0 aliphatic carbocycles. The fourth-order valence-electron chi connectivity index (χ4n) is 4.40. The van der Waals surface area contributed by atoms with Gasteiger partial charge < -0.3 is 15.5 Å². The fourth-order valence-corrected chi connectivity index (χ4v) is 4.40. The number of rotatable bonds is 3. The minimum atomic E-state index is 0.0399. The molecule has 0 bridgehead atoms. The van der Waals surface area contributed by atoms with Crippen LogP contribution in [0.5, 0.6) is 0 Å². The Morgan fingerprint density at radius 1 is 0.926 bits per heavy atom. The van der Waals surface area contributed by atoms with Gasteiger partial charge in [-0.15, -0.1) is 0 Å². The highest BCUT2D eigenvalue weighted by Gasteiger charge is 2.33. The third kappa shape index (κ3) is 3.56. The number of hydrogen-bond acceptors (Lipinski definition) is 3. The number of piperidine rings is 1. The Hall–Kier alpha value is -2.40. The number of fused-ring (bicyclic) bond motifs is 1. The molecule has 2 amide bonds. The molecule has 2 fully saturated rings. The zero-order valence-electron chi connectivity index (χ0n) is 15.6. The van der Waals surface area contributed by atoms with E-state index in [0.717, 1.165) is 48.7 Å². The average molecular weight is 365 g/mol. The van der Waals surface area contributed by atoms with Gasteiger partial charge in [0.2, 0.25) is 5.91 Å². The van der Waals surface area contributed by atoms with Crippen LogP contribution in [0.4, 0.5) is 0 Å². The van der Waals surface area contributed by atoms with Crippen LogP contribution in [0.1, 0.15) is 29.6 Å². The van der Waals surface area contributed by atoms with Crippen molar-refractivity contribution in [2.24, 2.45) is 17.6 Å². The van der Waals surface area contributed by atoms with Crippen molar-refractivity contribution in [3.05, 3.63) is 48.0 Å². The first-order chi connectivity index (χ1) is 13.2. The van der Waals surface area contributed by atoms with E-state index in [9.17, 15) is 9.59 Å². The van der Waals surface area contributed by atoms with Gasteiger partial charge in [-0.3, -0.25) is 9.59 Å². The molecule has 5 nitrogen and oxygen atoms in total. The third-order valence-electron chi connectivity index (χ3n) is 6.08. The molecule has 0 saturated carbocycles. The van der Waals surface area contributed by atoms with Crippen LogP contribution in [-0.2, 0) is 4.79 Å². The Labute approximate surface area is 160 Å². The Balaban J connectivity index is 1.40. The second kappa shape index (κ2) is 7.69. The van der Waals surface area contributed by atoms with E-state index in [4.69, 9.17) is 5.73 Å². The topological polar surface area (TPSA) is 66.6 Å². The molecule has 4 rings (SSSR count). The summed E-state index contributed by atoms with van der Waals surface area (Å²) in [4.78, 5) is 29.7. The molecule has 27 heavy (non-hydrogen) atoms. The lowest BCUT2D eigenvalue weighted by Crippen LogP contribution is -2.44. The highest BCUT2D eigenvalue weighted by atomic mass is 16.2. The molecule has 1 atom stereocenters. The molecular weight excluding hydrogens is 338 g/mol. The lowest BCUT2D eigenvalue weighted by Gasteiger charge is -2.33. The fraction of sp³-hybridized carbons (Fsp3) is 0.455. The molecule has 2 N–H and O–H groups in total. The van der Waals surface area contributed by atoms with Gasteiger partial charge in [0.25, 0.3) is 5.91 Å². The van der Waals surface area contributed by atoms with Crippen LogP contribution in [0.3, 0.4) is 0 Å². The summed E-state index contributed by atoms with van der Waals surface area (Å²) < 4.78 is 0. The van der Waals surface area contributed by atoms with Gasteiger partial charge in [-0.25, -0.2) is 0 Å². The predicted molar refractivity (Wildman–Crippen MR) is 106 cm³/mol. The first-order valence-electron chi connectivity index (χ1n) is 9.93. The molecule has 2 aromatic rings. The lowest BCUT2D eigenvalue weighted by molar-refractivity contribution is -0.135. The Bertz CT molecular complexity index is 837. The van der Waals surface area contributed by atoms with Crippen molar-refractivity contribution in [2.75, 3.05) is 32.7 Å². The predicted octanol–water partition coefficient (Wildman–Crippen LogP) is 2.50. The number of likely N-dealkylation sites (tertiary alicyclic amines) is 2. The molecule has 2 aromatic carbocycles. The van der Waals surface area contributed by atoms with E-state index < -0.39 is 0 Å². The second-order valence-corrected chi connectivity index (χ2v) is 7.77. The van der Waals surface area contributed by atoms with Gasteiger partial charge >= 0.3 is 0 Å². The standard InChI is InChI=1S/C22H27N3O2/c23-14-16-8-11-25(15-16)21(26)18-9-12-24(13-10-18)22(27)20-7-3-5-17-4-1-2-6-19(17)20/h1-7,16,18H,8-15,23H2. The van der Waals surface area contributed by atoms with Crippen molar-refractivity contribution in [3.8, 4) is 0 Å². The van der Waals surface area contributed by atoms with E-state index in [1.165, 1.54) is 0 Å². The summed E-state index contributed by atoms with van der Waals surface area (Å²) in [5.41, 5.74) is 6.49. The van der Waals surface area contributed by atoms with E-state index in [1.54, 1.807) is 0 Å². The lowest BCUT2D eigenvalue weighted by atomic mass is 9.94. The zero-order valence-corrected chi connectivity index (χ0v) is 15.6. The van der Waals surface area contributed by atoms with Crippen molar-refractivity contribution in [1.29, 1.82) is 0 Å². The maximum atomic E-state index is 13.0. The summed E-state index contributed by atoms with van der Waals surface area (Å²) in [5.74, 6) is 0.811. The van der Waals surface area contributed by atoms with Gasteiger partial charge in [-0.1, -0.05) is 36.4 Å². The van der Waals surface area contributed by atoms with Gasteiger partial charge in [0.15, 0.2) is 0 Å². The maximum absolute atomic E-state index is 13.0. The molecule has 2 saturated heterocycles.